The average molecular weight is 972 g/mol. The van der Waals surface area contributed by atoms with E-state index in [9.17, 15) is 0 Å². The standard InChI is InChI=1S/C73H53NSi/c1-7-21-54(22-8-1)56-35-43-61(44-36-56)73(60-25-11-3-12-26-60)71-34-20-19-33-69(71)70-53-64(49-52-72(70)73)74(62-45-37-57(38-46-62)55-23-9-2-10-24-55)63-47-39-58(40-48-63)59-41-50-68(51-42-59)75(65-27-13-4-14-28-65,66-29-15-5-16-30-66)67-31-17-6-18-32-67/h1-53H. The van der Waals surface area contributed by atoms with Crippen LogP contribution >= 0.6 is 0 Å². The zero-order valence-corrected chi connectivity index (χ0v) is 42.5. The molecule has 0 bridgehead atoms. The second kappa shape index (κ2) is 19.6. The van der Waals surface area contributed by atoms with E-state index in [-0.39, 0.29) is 0 Å². The third-order valence-corrected chi connectivity index (χ3v) is 20.3. The summed E-state index contributed by atoms with van der Waals surface area (Å²) < 4.78 is 0. The Kier molecular flexibility index (Phi) is 11.9. The van der Waals surface area contributed by atoms with Crippen LogP contribution in [0.5, 0.6) is 0 Å². The van der Waals surface area contributed by atoms with Crippen LogP contribution < -0.4 is 25.6 Å². The van der Waals surface area contributed by atoms with Crippen molar-refractivity contribution in [3.8, 4) is 44.5 Å². The largest absolute Gasteiger partial charge is 0.310 e. The van der Waals surface area contributed by atoms with Gasteiger partial charge >= 0.3 is 0 Å². The average Bonchev–Trinajstić information content (AvgIpc) is 3.83. The van der Waals surface area contributed by atoms with Crippen LogP contribution in [0.3, 0.4) is 0 Å². The quantitative estimate of drug-likeness (QED) is 0.0871. The summed E-state index contributed by atoms with van der Waals surface area (Å²) in [7, 11) is -2.65. The Labute approximate surface area is 442 Å². The lowest BCUT2D eigenvalue weighted by Crippen LogP contribution is -2.74. The number of hydrogen-bond donors (Lipinski definition) is 0. The Morgan fingerprint density at radius 2 is 0.547 bits per heavy atom. The van der Waals surface area contributed by atoms with Gasteiger partial charge in [0.2, 0.25) is 0 Å². The second-order valence-electron chi connectivity index (χ2n) is 19.6. The second-order valence-corrected chi connectivity index (χ2v) is 23.4. The summed E-state index contributed by atoms with van der Waals surface area (Å²) in [6, 6.07) is 119. The summed E-state index contributed by atoms with van der Waals surface area (Å²) in [6.07, 6.45) is 0. The van der Waals surface area contributed by atoms with E-state index in [0.29, 0.717) is 0 Å². The molecular formula is C73H53NSi. The van der Waals surface area contributed by atoms with E-state index in [1.54, 1.807) is 0 Å². The highest BCUT2D eigenvalue weighted by Gasteiger charge is 2.46. The zero-order valence-electron chi connectivity index (χ0n) is 41.5. The van der Waals surface area contributed by atoms with Crippen LogP contribution in [0.25, 0.3) is 44.5 Å². The molecule has 0 N–H and O–H groups in total. The molecule has 0 amide bonds. The van der Waals surface area contributed by atoms with Crippen LogP contribution in [0.4, 0.5) is 17.1 Å². The molecule has 1 aliphatic rings. The van der Waals surface area contributed by atoms with Crippen molar-refractivity contribution < 1.29 is 0 Å². The van der Waals surface area contributed by atoms with E-state index in [1.807, 2.05) is 0 Å². The molecule has 0 fully saturated rings. The van der Waals surface area contributed by atoms with Crippen LogP contribution in [0.2, 0.25) is 0 Å². The predicted octanol–water partition coefficient (Wildman–Crippen LogP) is 15.9. The maximum Gasteiger partial charge on any atom is 0.179 e. The van der Waals surface area contributed by atoms with E-state index in [0.717, 1.165) is 17.1 Å². The summed E-state index contributed by atoms with van der Waals surface area (Å²) >= 11 is 0. The summed E-state index contributed by atoms with van der Waals surface area (Å²) in [4.78, 5) is 2.42. The molecule has 1 aliphatic carbocycles. The van der Waals surface area contributed by atoms with Gasteiger partial charge in [0.1, 0.15) is 0 Å². The van der Waals surface area contributed by atoms with Crippen LogP contribution in [0, 0.1) is 0 Å². The molecular weight excluding hydrogens is 919 g/mol. The smallest absolute Gasteiger partial charge is 0.179 e. The van der Waals surface area contributed by atoms with Gasteiger partial charge in [-0.25, -0.2) is 0 Å². The number of rotatable bonds is 12. The molecule has 0 radical (unpaired) electrons. The summed E-state index contributed by atoms with van der Waals surface area (Å²) in [5.74, 6) is 0. The molecule has 0 heterocycles. The highest BCUT2D eigenvalue weighted by Crippen LogP contribution is 2.57. The molecule has 1 nitrogen and oxygen atoms in total. The maximum atomic E-state index is 2.43. The molecule has 0 aliphatic heterocycles. The lowest BCUT2D eigenvalue weighted by Gasteiger charge is -2.34. The van der Waals surface area contributed by atoms with Crippen LogP contribution in [-0.4, -0.2) is 8.07 Å². The Hall–Kier alpha value is -9.34. The van der Waals surface area contributed by atoms with Gasteiger partial charge in [0.15, 0.2) is 8.07 Å². The number of hydrogen-bond acceptors (Lipinski definition) is 1. The maximum absolute atomic E-state index is 2.65. The molecule has 0 saturated heterocycles. The summed E-state index contributed by atoms with van der Waals surface area (Å²) in [5.41, 5.74) is 17.5. The first kappa shape index (κ1) is 45.5. The normalized spacial score (nSPS) is 13.7. The van der Waals surface area contributed by atoms with Crippen molar-refractivity contribution in [3.05, 3.63) is 344 Å². The van der Waals surface area contributed by atoms with Gasteiger partial charge in [-0.1, -0.05) is 285 Å². The zero-order chi connectivity index (χ0) is 50.0. The van der Waals surface area contributed by atoms with E-state index in [4.69, 9.17) is 0 Å². The van der Waals surface area contributed by atoms with Gasteiger partial charge < -0.3 is 4.90 Å². The van der Waals surface area contributed by atoms with Gasteiger partial charge in [-0.15, -0.1) is 0 Å². The van der Waals surface area contributed by atoms with Crippen LogP contribution in [0.1, 0.15) is 22.3 Å². The van der Waals surface area contributed by atoms with Crippen molar-refractivity contribution in [2.45, 2.75) is 5.41 Å². The minimum Gasteiger partial charge on any atom is -0.310 e. The molecule has 1 atom stereocenters. The van der Waals surface area contributed by atoms with Crippen molar-refractivity contribution in [1.82, 2.24) is 0 Å². The van der Waals surface area contributed by atoms with Gasteiger partial charge in [0.05, 0.1) is 5.41 Å². The van der Waals surface area contributed by atoms with E-state index < -0.39 is 13.5 Å². The van der Waals surface area contributed by atoms with Crippen molar-refractivity contribution in [3.63, 3.8) is 0 Å². The summed E-state index contributed by atoms with van der Waals surface area (Å²) in [5, 5.41) is 5.47. The van der Waals surface area contributed by atoms with Gasteiger partial charge in [-0.2, -0.15) is 0 Å². The van der Waals surface area contributed by atoms with Crippen LogP contribution in [-0.2, 0) is 5.41 Å². The Balaban J connectivity index is 0.921. The van der Waals surface area contributed by atoms with Crippen molar-refractivity contribution >= 4 is 45.9 Å². The van der Waals surface area contributed by atoms with E-state index >= 15 is 0 Å². The molecule has 2 heteroatoms. The van der Waals surface area contributed by atoms with Gasteiger partial charge in [-0.3, -0.25) is 0 Å². The predicted molar refractivity (Wildman–Crippen MR) is 318 cm³/mol. The molecule has 0 saturated carbocycles. The molecule has 1 unspecified atom stereocenters. The Bertz CT molecular complexity index is 3770. The lowest BCUT2D eigenvalue weighted by atomic mass is 9.67. The van der Waals surface area contributed by atoms with E-state index in [1.165, 1.54) is 87.5 Å². The molecule has 354 valence electrons. The topological polar surface area (TPSA) is 3.24 Å². The fourth-order valence-electron chi connectivity index (χ4n) is 12.1. The molecule has 12 aromatic carbocycles. The molecule has 12 aromatic rings. The number of anilines is 3. The Morgan fingerprint density at radius 1 is 0.227 bits per heavy atom. The van der Waals surface area contributed by atoms with E-state index in [2.05, 4.69) is 326 Å². The monoisotopic (exact) mass is 971 g/mol. The van der Waals surface area contributed by atoms with Crippen molar-refractivity contribution in [2.75, 3.05) is 4.90 Å². The van der Waals surface area contributed by atoms with Crippen molar-refractivity contribution in [2.24, 2.45) is 0 Å². The number of nitrogens with zero attached hydrogens (tertiary/aromatic N) is 1. The van der Waals surface area contributed by atoms with Gasteiger partial charge in [-0.05, 0) is 124 Å². The van der Waals surface area contributed by atoms with Gasteiger partial charge in [0, 0.05) is 17.1 Å². The minimum atomic E-state index is -2.65. The fourth-order valence-corrected chi connectivity index (χ4v) is 16.8. The number of benzene rings is 12. The highest BCUT2D eigenvalue weighted by atomic mass is 28.3. The molecule has 13 rings (SSSR count). The lowest BCUT2D eigenvalue weighted by molar-refractivity contribution is 0.768. The SMILES string of the molecule is c1ccc(-c2ccc(N(c3ccc(-c4ccc([Si](c5ccccc5)(c5ccccc5)c5ccccc5)cc4)cc3)c3ccc4c(c3)-c3ccccc3C4(c3ccccc3)c3ccc(-c4ccccc4)cc3)cc2)cc1. The number of fused-ring (bicyclic) bond motifs is 3. The first-order chi connectivity index (χ1) is 37.2. The fraction of sp³-hybridized carbons (Fsp3) is 0.0137. The molecule has 75 heavy (non-hydrogen) atoms. The minimum absolute atomic E-state index is 0.522. The Morgan fingerprint density at radius 3 is 1.01 bits per heavy atom. The molecule has 0 aromatic heterocycles. The van der Waals surface area contributed by atoms with Crippen LogP contribution in [0.15, 0.2) is 322 Å². The first-order valence-corrected chi connectivity index (χ1v) is 28.0. The van der Waals surface area contributed by atoms with Gasteiger partial charge in [0.25, 0.3) is 0 Å². The third-order valence-electron chi connectivity index (χ3n) is 15.5. The van der Waals surface area contributed by atoms with Crippen molar-refractivity contribution in [1.29, 1.82) is 0 Å². The molecule has 0 spiro atoms. The first-order valence-electron chi connectivity index (χ1n) is 26.0. The highest BCUT2D eigenvalue weighted by molar-refractivity contribution is 7.19. The summed E-state index contributed by atoms with van der Waals surface area (Å²) in [6.45, 7) is 0. The third kappa shape index (κ3) is 7.95.